The molecule has 6 heteroatoms. The van der Waals surface area contributed by atoms with Gasteiger partial charge in [0.1, 0.15) is 25.1 Å². The number of hydrogen-bond donors (Lipinski definition) is 0. The predicted octanol–water partition coefficient (Wildman–Crippen LogP) is 8.09. The third-order valence-corrected chi connectivity index (χ3v) is 8.99. The molecule has 234 valence electrons. The van der Waals surface area contributed by atoms with Crippen LogP contribution >= 0.6 is 0 Å². The first-order valence-electron chi connectivity index (χ1n) is 16.2. The molecule has 0 N–H and O–H groups in total. The van der Waals surface area contributed by atoms with Crippen LogP contribution in [0.1, 0.15) is 66.8 Å². The van der Waals surface area contributed by atoms with E-state index in [0.717, 1.165) is 59.7 Å². The van der Waals surface area contributed by atoms with Gasteiger partial charge in [0, 0.05) is 31.3 Å². The van der Waals surface area contributed by atoms with Crippen molar-refractivity contribution in [1.29, 1.82) is 0 Å². The Morgan fingerprint density at radius 2 is 1.47 bits per heavy atom. The summed E-state index contributed by atoms with van der Waals surface area (Å²) >= 11 is 0. The molecule has 6 rings (SSSR count). The molecule has 6 nitrogen and oxygen atoms in total. The van der Waals surface area contributed by atoms with Crippen molar-refractivity contribution in [3.8, 4) is 17.2 Å². The van der Waals surface area contributed by atoms with E-state index in [1.165, 1.54) is 18.4 Å². The molecule has 0 amide bonds. The number of benzene rings is 4. The van der Waals surface area contributed by atoms with E-state index in [0.29, 0.717) is 32.1 Å². The van der Waals surface area contributed by atoms with E-state index in [4.69, 9.17) is 18.9 Å². The molecule has 0 aliphatic carbocycles. The zero-order chi connectivity index (χ0) is 30.8. The number of carbonyl (C=O) groups excluding carboxylic acids is 1. The van der Waals surface area contributed by atoms with Gasteiger partial charge in [-0.15, -0.1) is 0 Å². The van der Waals surface area contributed by atoms with Crippen molar-refractivity contribution in [2.24, 2.45) is 0 Å². The molecule has 4 aromatic carbocycles. The zero-order valence-corrected chi connectivity index (χ0v) is 26.1. The number of ether oxygens (including phenoxy) is 4. The second-order valence-corrected chi connectivity index (χ2v) is 12.1. The molecule has 2 aliphatic heterocycles. The summed E-state index contributed by atoms with van der Waals surface area (Å²) in [6.45, 7) is 2.07. The predicted molar refractivity (Wildman–Crippen MR) is 176 cm³/mol. The lowest BCUT2D eigenvalue weighted by Crippen LogP contribution is -2.49. The molecule has 2 heterocycles. The molecule has 4 aromatic rings. The van der Waals surface area contributed by atoms with E-state index < -0.39 is 0 Å². The molecule has 3 atom stereocenters. The lowest BCUT2D eigenvalue weighted by Gasteiger charge is -2.47. The van der Waals surface area contributed by atoms with Gasteiger partial charge < -0.3 is 18.9 Å². The van der Waals surface area contributed by atoms with Gasteiger partial charge in [0.25, 0.3) is 0 Å². The highest BCUT2D eigenvalue weighted by Crippen LogP contribution is 2.42. The Morgan fingerprint density at radius 1 is 0.756 bits per heavy atom. The normalized spacial score (nSPS) is 19.7. The van der Waals surface area contributed by atoms with Crippen molar-refractivity contribution < 1.29 is 23.7 Å². The second-order valence-electron chi connectivity index (χ2n) is 12.1. The zero-order valence-electron chi connectivity index (χ0n) is 26.1. The second kappa shape index (κ2) is 15.1. The van der Waals surface area contributed by atoms with E-state index in [1.54, 1.807) is 7.11 Å². The fourth-order valence-corrected chi connectivity index (χ4v) is 6.63. The maximum atomic E-state index is 13.1. The molecule has 0 aromatic heterocycles. The molecule has 2 fully saturated rings. The quantitative estimate of drug-likeness (QED) is 0.152. The van der Waals surface area contributed by atoms with E-state index in [9.17, 15) is 4.79 Å². The van der Waals surface area contributed by atoms with Crippen LogP contribution in [0.4, 0.5) is 0 Å². The molecule has 0 unspecified atom stereocenters. The summed E-state index contributed by atoms with van der Waals surface area (Å²) in [5, 5.41) is 0. The summed E-state index contributed by atoms with van der Waals surface area (Å²) in [7, 11) is 1.68. The standard InChI is InChI=1S/C39H43NO5/c1-42-37-21-18-32(24-38(37)44-28-31-12-6-3-7-13-31)36-26-35(25-33-14-8-9-23-40(33)36)45-39(41)22-17-29-15-19-34(20-16-29)43-27-30-10-4-2-5-11-30/h2-7,10-13,15-16,18-21,24,33,35-36H,8-9,14,17,22-23,25-28H2,1H3/t33-,35+,36+/m1/s1. The average molecular weight is 606 g/mol. The van der Waals surface area contributed by atoms with Gasteiger partial charge in [0.2, 0.25) is 0 Å². The van der Waals surface area contributed by atoms with Gasteiger partial charge in [0.05, 0.1) is 7.11 Å². The summed E-state index contributed by atoms with van der Waals surface area (Å²) in [6, 6.07) is 35.1. The molecular formula is C39H43NO5. The molecule has 45 heavy (non-hydrogen) atoms. The number of fused-ring (bicyclic) bond motifs is 1. The number of rotatable bonds is 12. The third-order valence-electron chi connectivity index (χ3n) is 8.99. The van der Waals surface area contributed by atoms with E-state index >= 15 is 0 Å². The number of nitrogens with zero attached hydrogens (tertiary/aromatic N) is 1. The van der Waals surface area contributed by atoms with Gasteiger partial charge in [-0.3, -0.25) is 9.69 Å². The van der Waals surface area contributed by atoms with Gasteiger partial charge >= 0.3 is 5.97 Å². The van der Waals surface area contributed by atoms with Crippen LogP contribution in [0.3, 0.4) is 0 Å². The number of hydrogen-bond acceptors (Lipinski definition) is 6. The van der Waals surface area contributed by atoms with Crippen molar-refractivity contribution >= 4 is 5.97 Å². The van der Waals surface area contributed by atoms with Crippen LogP contribution in [0.2, 0.25) is 0 Å². The molecule has 0 spiro atoms. The summed E-state index contributed by atoms with van der Waals surface area (Å²) in [4.78, 5) is 15.7. The molecule has 2 saturated heterocycles. The highest BCUT2D eigenvalue weighted by molar-refractivity contribution is 5.70. The minimum absolute atomic E-state index is 0.105. The molecule has 0 saturated carbocycles. The maximum absolute atomic E-state index is 13.1. The Kier molecular flexibility index (Phi) is 10.3. The first-order chi connectivity index (χ1) is 22.1. The minimum atomic E-state index is -0.131. The number of carbonyl (C=O) groups is 1. The lowest BCUT2D eigenvalue weighted by molar-refractivity contribution is -0.154. The largest absolute Gasteiger partial charge is 0.493 e. The minimum Gasteiger partial charge on any atom is -0.493 e. The number of piperidine rings is 2. The number of aryl methyl sites for hydroxylation is 1. The van der Waals surface area contributed by atoms with Crippen LogP contribution in [0.15, 0.2) is 103 Å². The van der Waals surface area contributed by atoms with Gasteiger partial charge in [-0.2, -0.15) is 0 Å². The van der Waals surface area contributed by atoms with Crippen molar-refractivity contribution in [1.82, 2.24) is 4.90 Å². The summed E-state index contributed by atoms with van der Waals surface area (Å²) in [5.41, 5.74) is 4.52. The van der Waals surface area contributed by atoms with Crippen molar-refractivity contribution in [3.63, 3.8) is 0 Å². The fourth-order valence-electron chi connectivity index (χ4n) is 6.63. The van der Waals surface area contributed by atoms with E-state index in [1.807, 2.05) is 66.7 Å². The SMILES string of the molecule is COc1ccc([C@@H]2C[C@@H](OC(=O)CCc3ccc(OCc4ccccc4)cc3)C[C@H]3CCCCN32)cc1OCc1ccccc1. The van der Waals surface area contributed by atoms with Gasteiger partial charge in [0.15, 0.2) is 11.5 Å². The van der Waals surface area contributed by atoms with Crippen LogP contribution in [-0.4, -0.2) is 36.7 Å². The van der Waals surface area contributed by atoms with Gasteiger partial charge in [-0.25, -0.2) is 0 Å². The third kappa shape index (κ3) is 8.25. The molecule has 0 bridgehead atoms. The lowest BCUT2D eigenvalue weighted by atomic mass is 9.84. The Bertz CT molecular complexity index is 1510. The first kappa shape index (κ1) is 30.7. The van der Waals surface area contributed by atoms with Crippen LogP contribution in [0.25, 0.3) is 0 Å². The Morgan fingerprint density at radius 3 is 2.18 bits per heavy atom. The van der Waals surface area contributed by atoms with Crippen molar-refractivity contribution in [2.45, 2.75) is 76.3 Å². The topological polar surface area (TPSA) is 57.2 Å². The van der Waals surface area contributed by atoms with Crippen molar-refractivity contribution in [2.75, 3.05) is 13.7 Å². The molecule has 2 aliphatic rings. The summed E-state index contributed by atoms with van der Waals surface area (Å²) in [5.74, 6) is 2.15. The average Bonchev–Trinajstić information content (AvgIpc) is 3.10. The van der Waals surface area contributed by atoms with E-state index in [2.05, 4.69) is 41.3 Å². The summed E-state index contributed by atoms with van der Waals surface area (Å²) < 4.78 is 24.0. The number of methoxy groups -OCH3 is 1. The molecule has 0 radical (unpaired) electrons. The Balaban J connectivity index is 1.06. The number of esters is 1. The maximum Gasteiger partial charge on any atom is 0.306 e. The van der Waals surface area contributed by atoms with Crippen LogP contribution in [-0.2, 0) is 29.2 Å². The smallest absolute Gasteiger partial charge is 0.306 e. The van der Waals surface area contributed by atoms with E-state index in [-0.39, 0.29) is 18.1 Å². The highest BCUT2D eigenvalue weighted by Gasteiger charge is 2.39. The molecular weight excluding hydrogens is 562 g/mol. The van der Waals surface area contributed by atoms with Crippen molar-refractivity contribution in [3.05, 3.63) is 125 Å². The fraction of sp³-hybridized carbons (Fsp3) is 0.359. The summed E-state index contributed by atoms with van der Waals surface area (Å²) in [6.07, 6.45) is 6.12. The van der Waals surface area contributed by atoms with Crippen LogP contribution in [0.5, 0.6) is 17.2 Å². The first-order valence-corrected chi connectivity index (χ1v) is 16.2. The Hall–Kier alpha value is -4.29. The highest BCUT2D eigenvalue weighted by atomic mass is 16.5. The monoisotopic (exact) mass is 605 g/mol. The van der Waals surface area contributed by atoms with Gasteiger partial charge in [-0.1, -0.05) is 85.3 Å². The van der Waals surface area contributed by atoms with Crippen LogP contribution < -0.4 is 14.2 Å². The Labute approximate surface area is 266 Å². The van der Waals surface area contributed by atoms with Crippen LogP contribution in [0, 0.1) is 0 Å². The van der Waals surface area contributed by atoms with Gasteiger partial charge in [-0.05, 0) is 72.3 Å².